The van der Waals surface area contributed by atoms with Gasteiger partial charge in [-0.3, -0.25) is 4.79 Å². The zero-order valence-corrected chi connectivity index (χ0v) is 16.3. The van der Waals surface area contributed by atoms with Gasteiger partial charge in [-0.1, -0.05) is 30.3 Å². The summed E-state index contributed by atoms with van der Waals surface area (Å²) in [5.41, 5.74) is 1.08. The molecule has 0 saturated carbocycles. The number of halogens is 1. The van der Waals surface area contributed by atoms with E-state index in [4.69, 9.17) is 0 Å². The van der Waals surface area contributed by atoms with E-state index in [9.17, 15) is 9.59 Å². The van der Waals surface area contributed by atoms with Crippen molar-refractivity contribution >= 4 is 24.3 Å². The van der Waals surface area contributed by atoms with Crippen LogP contribution in [0.2, 0.25) is 0 Å². The molecule has 0 aliphatic carbocycles. The highest BCUT2D eigenvalue weighted by Crippen LogP contribution is 2.12. The molecular formula is C19H31ClN4O2. The van der Waals surface area contributed by atoms with Crippen LogP contribution in [0.5, 0.6) is 0 Å². The maximum atomic E-state index is 12.0. The van der Waals surface area contributed by atoms with Gasteiger partial charge < -0.3 is 20.9 Å². The van der Waals surface area contributed by atoms with E-state index in [0.29, 0.717) is 32.0 Å². The fourth-order valence-electron chi connectivity index (χ4n) is 3.02. The molecule has 1 aliphatic heterocycles. The number of nitrogens with one attached hydrogen (secondary N) is 3. The van der Waals surface area contributed by atoms with Crippen molar-refractivity contribution in [1.29, 1.82) is 0 Å². The molecule has 146 valence electrons. The van der Waals surface area contributed by atoms with Crippen molar-refractivity contribution in [3.05, 3.63) is 35.9 Å². The second kappa shape index (κ2) is 12.5. The third-order valence-electron chi connectivity index (χ3n) is 4.51. The van der Waals surface area contributed by atoms with Gasteiger partial charge >= 0.3 is 6.03 Å². The van der Waals surface area contributed by atoms with Gasteiger partial charge in [-0.25, -0.2) is 4.79 Å². The number of urea groups is 1. The summed E-state index contributed by atoms with van der Waals surface area (Å²) < 4.78 is 0. The molecule has 1 atom stereocenters. The molecule has 1 heterocycles. The Morgan fingerprint density at radius 1 is 1.19 bits per heavy atom. The third-order valence-corrected chi connectivity index (χ3v) is 4.51. The fraction of sp³-hybridized carbons (Fsp3) is 0.579. The molecule has 3 N–H and O–H groups in total. The van der Waals surface area contributed by atoms with Crippen LogP contribution in [0.4, 0.5) is 4.79 Å². The number of carbonyl (C=O) groups is 2. The molecule has 0 spiro atoms. The lowest BCUT2D eigenvalue weighted by molar-refractivity contribution is -0.121. The number of hydrogen-bond acceptors (Lipinski definition) is 3. The van der Waals surface area contributed by atoms with Crippen LogP contribution in [0.1, 0.15) is 31.2 Å². The Bertz CT molecular complexity index is 536. The van der Waals surface area contributed by atoms with Crippen LogP contribution in [0, 0.1) is 5.92 Å². The molecule has 1 aliphatic rings. The number of amides is 3. The molecule has 26 heavy (non-hydrogen) atoms. The van der Waals surface area contributed by atoms with Crippen molar-refractivity contribution in [3.8, 4) is 0 Å². The van der Waals surface area contributed by atoms with E-state index in [-0.39, 0.29) is 24.3 Å². The first-order chi connectivity index (χ1) is 12.1. The molecule has 7 heteroatoms. The molecule has 6 nitrogen and oxygen atoms in total. The van der Waals surface area contributed by atoms with Crippen LogP contribution in [-0.2, 0) is 11.3 Å². The minimum atomic E-state index is -0.162. The van der Waals surface area contributed by atoms with Crippen molar-refractivity contribution < 1.29 is 9.59 Å². The molecule has 1 unspecified atom stereocenters. The predicted octanol–water partition coefficient (Wildman–Crippen LogP) is 2.15. The first-order valence-electron chi connectivity index (χ1n) is 9.15. The maximum absolute atomic E-state index is 12.0. The van der Waals surface area contributed by atoms with Gasteiger partial charge in [0.15, 0.2) is 0 Å². The first-order valence-corrected chi connectivity index (χ1v) is 9.15. The zero-order valence-electron chi connectivity index (χ0n) is 15.5. The van der Waals surface area contributed by atoms with Crippen LogP contribution in [-0.4, -0.2) is 50.1 Å². The molecule has 1 fully saturated rings. The van der Waals surface area contributed by atoms with Gasteiger partial charge in [-0.15, -0.1) is 12.4 Å². The summed E-state index contributed by atoms with van der Waals surface area (Å²) in [6, 6.07) is 9.67. The third kappa shape index (κ3) is 8.54. The summed E-state index contributed by atoms with van der Waals surface area (Å²) in [7, 11) is 1.75. The van der Waals surface area contributed by atoms with Gasteiger partial charge in [0, 0.05) is 33.1 Å². The van der Waals surface area contributed by atoms with Crippen LogP contribution >= 0.6 is 12.4 Å². The van der Waals surface area contributed by atoms with Crippen molar-refractivity contribution in [3.63, 3.8) is 0 Å². The second-order valence-electron chi connectivity index (χ2n) is 6.67. The average Bonchev–Trinajstić information content (AvgIpc) is 2.63. The van der Waals surface area contributed by atoms with E-state index >= 15 is 0 Å². The quantitative estimate of drug-likeness (QED) is 0.645. The second-order valence-corrected chi connectivity index (χ2v) is 6.67. The Morgan fingerprint density at radius 3 is 2.65 bits per heavy atom. The van der Waals surface area contributed by atoms with E-state index in [1.54, 1.807) is 11.9 Å². The predicted molar refractivity (Wildman–Crippen MR) is 106 cm³/mol. The smallest absolute Gasteiger partial charge is 0.317 e. The largest absolute Gasteiger partial charge is 0.356 e. The van der Waals surface area contributed by atoms with Crippen molar-refractivity contribution in [2.75, 3.05) is 33.2 Å². The standard InChI is InChI=1S/C19H30N4O2.ClH/c1-23(15-17-6-3-2-4-7-17)19(25)22-13-10-18(24)21-12-9-16-8-5-11-20-14-16;/h2-4,6-7,16,20H,5,8-15H2,1H3,(H,21,24)(H,22,25);1H. The summed E-state index contributed by atoms with van der Waals surface area (Å²) in [6.07, 6.45) is 3.80. The summed E-state index contributed by atoms with van der Waals surface area (Å²) in [5, 5.41) is 9.11. The summed E-state index contributed by atoms with van der Waals surface area (Å²) in [5.74, 6) is 0.662. The monoisotopic (exact) mass is 382 g/mol. The highest BCUT2D eigenvalue weighted by Gasteiger charge is 2.13. The average molecular weight is 383 g/mol. The van der Waals surface area contributed by atoms with Crippen LogP contribution in [0.15, 0.2) is 30.3 Å². The number of piperidine rings is 1. The topological polar surface area (TPSA) is 73.5 Å². The fourth-order valence-corrected chi connectivity index (χ4v) is 3.02. The number of benzene rings is 1. The molecule has 0 bridgehead atoms. The van der Waals surface area contributed by atoms with Crippen LogP contribution < -0.4 is 16.0 Å². The van der Waals surface area contributed by atoms with Crippen LogP contribution in [0.25, 0.3) is 0 Å². The van der Waals surface area contributed by atoms with E-state index in [0.717, 1.165) is 25.1 Å². The SMILES string of the molecule is CN(Cc1ccccc1)C(=O)NCCC(=O)NCCC1CCCNC1.Cl. The summed E-state index contributed by atoms with van der Waals surface area (Å²) >= 11 is 0. The highest BCUT2D eigenvalue weighted by molar-refractivity contribution is 5.85. The van der Waals surface area contributed by atoms with Gasteiger partial charge in [0.05, 0.1) is 0 Å². The van der Waals surface area contributed by atoms with E-state index in [1.165, 1.54) is 12.8 Å². The molecule has 2 rings (SSSR count). The Morgan fingerprint density at radius 2 is 1.96 bits per heavy atom. The normalized spacial score (nSPS) is 16.3. The number of carbonyl (C=O) groups excluding carboxylic acids is 2. The number of rotatable bonds is 8. The van der Waals surface area contributed by atoms with Crippen molar-refractivity contribution in [2.45, 2.75) is 32.2 Å². The Labute approximate surface area is 162 Å². The van der Waals surface area contributed by atoms with E-state index in [2.05, 4.69) is 16.0 Å². The van der Waals surface area contributed by atoms with Gasteiger partial charge in [-0.2, -0.15) is 0 Å². The maximum Gasteiger partial charge on any atom is 0.317 e. The number of hydrogen-bond donors (Lipinski definition) is 3. The lowest BCUT2D eigenvalue weighted by atomic mass is 9.96. The zero-order chi connectivity index (χ0) is 17.9. The minimum Gasteiger partial charge on any atom is -0.356 e. The Balaban J connectivity index is 0.00000338. The van der Waals surface area contributed by atoms with E-state index < -0.39 is 0 Å². The van der Waals surface area contributed by atoms with Gasteiger partial charge in [-0.05, 0) is 43.8 Å². The molecular weight excluding hydrogens is 352 g/mol. The Kier molecular flexibility index (Phi) is 10.7. The molecule has 1 aromatic carbocycles. The molecule has 0 radical (unpaired) electrons. The Hall–Kier alpha value is -1.79. The van der Waals surface area contributed by atoms with Gasteiger partial charge in [0.2, 0.25) is 5.91 Å². The first kappa shape index (κ1) is 22.3. The molecule has 1 saturated heterocycles. The van der Waals surface area contributed by atoms with Gasteiger partial charge in [0.1, 0.15) is 0 Å². The highest BCUT2D eigenvalue weighted by atomic mass is 35.5. The minimum absolute atomic E-state index is 0. The van der Waals surface area contributed by atoms with Crippen molar-refractivity contribution in [2.24, 2.45) is 5.92 Å². The summed E-state index contributed by atoms with van der Waals surface area (Å²) in [4.78, 5) is 25.5. The van der Waals surface area contributed by atoms with E-state index in [1.807, 2.05) is 30.3 Å². The lowest BCUT2D eigenvalue weighted by Gasteiger charge is -2.22. The van der Waals surface area contributed by atoms with Gasteiger partial charge in [0.25, 0.3) is 0 Å². The molecule has 3 amide bonds. The molecule has 0 aromatic heterocycles. The summed E-state index contributed by atoms with van der Waals surface area (Å²) in [6.45, 7) is 3.79. The van der Waals surface area contributed by atoms with Crippen LogP contribution in [0.3, 0.4) is 0 Å². The van der Waals surface area contributed by atoms with Crippen molar-refractivity contribution in [1.82, 2.24) is 20.9 Å². The lowest BCUT2D eigenvalue weighted by Crippen LogP contribution is -2.39. The molecule has 1 aromatic rings. The number of nitrogens with zero attached hydrogens (tertiary/aromatic N) is 1.